The van der Waals surface area contributed by atoms with Crippen LogP contribution in [0.2, 0.25) is 5.02 Å². The Morgan fingerprint density at radius 3 is 2.89 bits per heavy atom. The molecular weight excluding hydrogens is 268 g/mol. The summed E-state index contributed by atoms with van der Waals surface area (Å²) in [6, 6.07) is 11.1. The molecule has 0 fully saturated rings. The molecule has 1 aromatic heterocycles. The molecule has 0 aliphatic heterocycles. The van der Waals surface area contributed by atoms with Crippen LogP contribution in [0.4, 0.5) is 0 Å². The van der Waals surface area contributed by atoms with Gasteiger partial charge in [-0.25, -0.2) is 0 Å². The van der Waals surface area contributed by atoms with E-state index in [-0.39, 0.29) is 12.4 Å². The zero-order chi connectivity index (χ0) is 12.8. The van der Waals surface area contributed by atoms with Gasteiger partial charge in [-0.1, -0.05) is 23.7 Å². The molecule has 0 saturated heterocycles. The summed E-state index contributed by atoms with van der Waals surface area (Å²) < 4.78 is 5.39. The SMILES string of the molecule is O=C(CCc1cccs1)COc1cccc(Cl)c1. The molecule has 0 amide bonds. The van der Waals surface area contributed by atoms with E-state index in [0.717, 1.165) is 6.42 Å². The molecule has 2 nitrogen and oxygen atoms in total. The molecule has 1 heterocycles. The number of hydrogen-bond donors (Lipinski definition) is 0. The minimum Gasteiger partial charge on any atom is -0.486 e. The van der Waals surface area contributed by atoms with Crippen LogP contribution in [0, 0.1) is 0 Å². The summed E-state index contributed by atoms with van der Waals surface area (Å²) in [5, 5.41) is 2.63. The van der Waals surface area contributed by atoms with Crippen molar-refractivity contribution in [3.63, 3.8) is 0 Å². The van der Waals surface area contributed by atoms with Crippen molar-refractivity contribution in [1.82, 2.24) is 0 Å². The van der Waals surface area contributed by atoms with Crippen molar-refractivity contribution >= 4 is 28.7 Å². The van der Waals surface area contributed by atoms with E-state index in [1.165, 1.54) is 4.88 Å². The average Bonchev–Trinajstić information content (AvgIpc) is 2.87. The van der Waals surface area contributed by atoms with Crippen LogP contribution >= 0.6 is 22.9 Å². The lowest BCUT2D eigenvalue weighted by molar-refractivity contribution is -0.121. The number of ether oxygens (including phenoxy) is 1. The molecule has 1 aromatic carbocycles. The van der Waals surface area contributed by atoms with Gasteiger partial charge in [0.05, 0.1) is 0 Å². The summed E-state index contributed by atoms with van der Waals surface area (Å²) in [7, 11) is 0. The monoisotopic (exact) mass is 280 g/mol. The minimum atomic E-state index is 0.100. The maximum atomic E-state index is 11.6. The van der Waals surface area contributed by atoms with Crippen LogP contribution in [0.25, 0.3) is 0 Å². The Balaban J connectivity index is 1.75. The number of halogens is 1. The van der Waals surface area contributed by atoms with E-state index >= 15 is 0 Å². The van der Waals surface area contributed by atoms with Crippen molar-refractivity contribution in [3.05, 3.63) is 51.7 Å². The second kappa shape index (κ2) is 6.57. The first-order valence-corrected chi connectivity index (χ1v) is 6.92. The van der Waals surface area contributed by atoms with Gasteiger partial charge in [0.1, 0.15) is 12.4 Å². The van der Waals surface area contributed by atoms with Gasteiger partial charge in [0, 0.05) is 16.3 Å². The van der Waals surface area contributed by atoms with Crippen molar-refractivity contribution in [1.29, 1.82) is 0 Å². The lowest BCUT2D eigenvalue weighted by atomic mass is 10.2. The summed E-state index contributed by atoms with van der Waals surface area (Å²) in [6.45, 7) is 0.103. The first-order chi connectivity index (χ1) is 8.74. The number of thiophene rings is 1. The van der Waals surface area contributed by atoms with E-state index < -0.39 is 0 Å². The standard InChI is InChI=1S/C14H13ClO2S/c15-11-3-1-4-13(9-11)17-10-12(16)6-7-14-5-2-8-18-14/h1-5,8-9H,6-7,10H2. The molecule has 0 aliphatic rings. The number of carbonyl (C=O) groups is 1. The first kappa shape index (κ1) is 13.1. The van der Waals surface area contributed by atoms with Crippen LogP contribution in [-0.4, -0.2) is 12.4 Å². The number of benzene rings is 1. The molecule has 18 heavy (non-hydrogen) atoms. The van der Waals surface area contributed by atoms with E-state index in [1.807, 2.05) is 17.5 Å². The highest BCUT2D eigenvalue weighted by molar-refractivity contribution is 7.09. The van der Waals surface area contributed by atoms with Crippen LogP contribution in [0.15, 0.2) is 41.8 Å². The highest BCUT2D eigenvalue weighted by Gasteiger charge is 2.05. The Morgan fingerprint density at radius 2 is 2.17 bits per heavy atom. The third-order valence-electron chi connectivity index (χ3n) is 2.43. The highest BCUT2D eigenvalue weighted by atomic mass is 35.5. The van der Waals surface area contributed by atoms with E-state index in [1.54, 1.807) is 35.6 Å². The highest BCUT2D eigenvalue weighted by Crippen LogP contribution is 2.17. The number of Topliss-reactive ketones (excluding diaryl/α,β-unsaturated/α-hetero) is 1. The summed E-state index contributed by atoms with van der Waals surface area (Å²) in [5.41, 5.74) is 0. The lowest BCUT2D eigenvalue weighted by Crippen LogP contribution is -2.11. The smallest absolute Gasteiger partial charge is 0.170 e. The molecule has 0 unspecified atom stereocenters. The second-order valence-electron chi connectivity index (χ2n) is 3.86. The maximum Gasteiger partial charge on any atom is 0.170 e. The lowest BCUT2D eigenvalue weighted by Gasteiger charge is -2.05. The van der Waals surface area contributed by atoms with Crippen LogP contribution in [-0.2, 0) is 11.2 Å². The van der Waals surface area contributed by atoms with Crippen molar-refractivity contribution in [2.45, 2.75) is 12.8 Å². The van der Waals surface area contributed by atoms with E-state index in [9.17, 15) is 4.79 Å². The fourth-order valence-electron chi connectivity index (χ4n) is 1.51. The Hall–Kier alpha value is -1.32. The second-order valence-corrected chi connectivity index (χ2v) is 5.33. The summed E-state index contributed by atoms with van der Waals surface area (Å²) >= 11 is 7.50. The Morgan fingerprint density at radius 1 is 1.28 bits per heavy atom. The van der Waals surface area contributed by atoms with Gasteiger partial charge in [-0.15, -0.1) is 11.3 Å². The Labute approximate surface area is 115 Å². The zero-order valence-corrected chi connectivity index (χ0v) is 11.3. The van der Waals surface area contributed by atoms with Crippen LogP contribution in [0.5, 0.6) is 5.75 Å². The molecule has 4 heteroatoms. The number of hydrogen-bond acceptors (Lipinski definition) is 3. The molecule has 94 valence electrons. The molecule has 0 spiro atoms. The van der Waals surface area contributed by atoms with Gasteiger partial charge in [0.15, 0.2) is 5.78 Å². The van der Waals surface area contributed by atoms with Gasteiger partial charge in [-0.3, -0.25) is 4.79 Å². The van der Waals surface area contributed by atoms with Gasteiger partial charge in [-0.05, 0) is 36.1 Å². The number of ketones is 1. The maximum absolute atomic E-state index is 11.6. The molecule has 0 saturated carbocycles. The predicted octanol–water partition coefficient (Wildman–Crippen LogP) is 3.98. The van der Waals surface area contributed by atoms with Gasteiger partial charge in [0.25, 0.3) is 0 Å². The van der Waals surface area contributed by atoms with Gasteiger partial charge >= 0.3 is 0 Å². The van der Waals surface area contributed by atoms with Crippen LogP contribution < -0.4 is 4.74 Å². The fraction of sp³-hybridized carbons (Fsp3) is 0.214. The third-order valence-corrected chi connectivity index (χ3v) is 3.60. The van der Waals surface area contributed by atoms with Crippen molar-refractivity contribution in [2.75, 3.05) is 6.61 Å². The normalized spacial score (nSPS) is 10.3. The van der Waals surface area contributed by atoms with Crippen molar-refractivity contribution < 1.29 is 9.53 Å². The zero-order valence-electron chi connectivity index (χ0n) is 9.77. The van der Waals surface area contributed by atoms with E-state index in [2.05, 4.69) is 0 Å². The summed E-state index contributed by atoms with van der Waals surface area (Å²) in [6.07, 6.45) is 1.30. The van der Waals surface area contributed by atoms with E-state index in [0.29, 0.717) is 17.2 Å². The minimum absolute atomic E-state index is 0.100. The van der Waals surface area contributed by atoms with Gasteiger partial charge in [-0.2, -0.15) is 0 Å². The summed E-state index contributed by atoms with van der Waals surface area (Å²) in [5.74, 6) is 0.732. The summed E-state index contributed by atoms with van der Waals surface area (Å²) in [4.78, 5) is 12.9. The number of rotatable bonds is 6. The molecule has 0 atom stereocenters. The number of carbonyl (C=O) groups excluding carboxylic acids is 1. The first-order valence-electron chi connectivity index (χ1n) is 5.66. The van der Waals surface area contributed by atoms with Crippen molar-refractivity contribution in [3.8, 4) is 5.75 Å². The Kier molecular flexibility index (Phi) is 4.79. The molecule has 0 bridgehead atoms. The predicted molar refractivity (Wildman–Crippen MR) is 74.6 cm³/mol. The average molecular weight is 281 g/mol. The molecule has 2 rings (SSSR count). The quantitative estimate of drug-likeness (QED) is 0.800. The van der Waals surface area contributed by atoms with Gasteiger partial charge in [0.2, 0.25) is 0 Å². The topological polar surface area (TPSA) is 26.3 Å². The van der Waals surface area contributed by atoms with E-state index in [4.69, 9.17) is 16.3 Å². The van der Waals surface area contributed by atoms with Gasteiger partial charge < -0.3 is 4.74 Å². The van der Waals surface area contributed by atoms with Crippen molar-refractivity contribution in [2.24, 2.45) is 0 Å². The number of aryl methyl sites for hydroxylation is 1. The molecule has 0 radical (unpaired) electrons. The molecule has 2 aromatic rings. The van der Waals surface area contributed by atoms with Crippen LogP contribution in [0.1, 0.15) is 11.3 Å². The molecule has 0 aliphatic carbocycles. The Bertz CT molecular complexity index is 508. The molecular formula is C14H13ClO2S. The largest absolute Gasteiger partial charge is 0.486 e. The molecule has 0 N–H and O–H groups in total. The van der Waals surface area contributed by atoms with Crippen LogP contribution in [0.3, 0.4) is 0 Å². The fourth-order valence-corrected chi connectivity index (χ4v) is 2.40. The third kappa shape index (κ3) is 4.17.